The number of carbonyl (C=O) groups excluding carboxylic acids is 1. The first-order chi connectivity index (χ1) is 13.1. The molecule has 0 radical (unpaired) electrons. The number of morpholine rings is 1. The molecular weight excluding hydrogens is 344 g/mol. The van der Waals surface area contributed by atoms with Crippen LogP contribution in [-0.2, 0) is 4.74 Å². The van der Waals surface area contributed by atoms with Crippen LogP contribution in [-0.4, -0.2) is 53.8 Å². The van der Waals surface area contributed by atoms with E-state index >= 15 is 0 Å². The van der Waals surface area contributed by atoms with Gasteiger partial charge in [0.1, 0.15) is 0 Å². The Morgan fingerprint density at radius 1 is 1.11 bits per heavy atom. The summed E-state index contributed by atoms with van der Waals surface area (Å²) in [7, 11) is 1.59. The van der Waals surface area contributed by atoms with Crippen molar-refractivity contribution in [2.45, 2.75) is 6.92 Å². The number of urea groups is 1. The Bertz CT molecular complexity index is 960. The predicted molar refractivity (Wildman–Crippen MR) is 104 cm³/mol. The van der Waals surface area contributed by atoms with Crippen molar-refractivity contribution in [3.63, 3.8) is 0 Å². The monoisotopic (exact) mass is 366 g/mol. The van der Waals surface area contributed by atoms with Gasteiger partial charge in [-0.15, -0.1) is 0 Å². The number of aryl methyl sites for hydroxylation is 1. The van der Waals surface area contributed by atoms with Gasteiger partial charge in [-0.3, -0.25) is 0 Å². The van der Waals surface area contributed by atoms with Gasteiger partial charge < -0.3 is 24.7 Å². The number of carbonyl (C=O) groups is 1. The van der Waals surface area contributed by atoms with Gasteiger partial charge in [-0.25, -0.2) is 14.8 Å². The third-order valence-electron chi connectivity index (χ3n) is 4.52. The van der Waals surface area contributed by atoms with Crippen LogP contribution in [0.5, 0.6) is 0 Å². The van der Waals surface area contributed by atoms with Crippen molar-refractivity contribution in [3.8, 4) is 11.3 Å². The quantitative estimate of drug-likeness (QED) is 0.743. The second-order valence-corrected chi connectivity index (χ2v) is 6.44. The highest BCUT2D eigenvalue weighted by Crippen LogP contribution is 2.26. The van der Waals surface area contributed by atoms with E-state index in [1.54, 1.807) is 7.05 Å². The molecule has 8 heteroatoms. The summed E-state index contributed by atoms with van der Waals surface area (Å²) in [5.41, 5.74) is 4.36. The van der Waals surface area contributed by atoms with E-state index < -0.39 is 0 Å². The molecule has 1 aliphatic rings. The number of aromatic nitrogens is 3. The lowest BCUT2D eigenvalue weighted by Gasteiger charge is -2.28. The SMILES string of the molecule is CNC(=O)Nc1ccc(-c2cn3cc(C)nc3c(N3CCOCC3)n2)cc1. The van der Waals surface area contributed by atoms with E-state index in [9.17, 15) is 4.79 Å². The number of amides is 2. The molecule has 1 aliphatic heterocycles. The van der Waals surface area contributed by atoms with Crippen LogP contribution in [0.2, 0.25) is 0 Å². The van der Waals surface area contributed by atoms with Crippen molar-refractivity contribution in [2.75, 3.05) is 43.6 Å². The van der Waals surface area contributed by atoms with Crippen LogP contribution in [0.3, 0.4) is 0 Å². The summed E-state index contributed by atoms with van der Waals surface area (Å²) in [6.45, 7) is 4.96. The number of nitrogens with one attached hydrogen (secondary N) is 2. The summed E-state index contributed by atoms with van der Waals surface area (Å²) in [5.74, 6) is 0.872. The van der Waals surface area contributed by atoms with Gasteiger partial charge in [0.25, 0.3) is 0 Å². The van der Waals surface area contributed by atoms with E-state index in [4.69, 9.17) is 9.72 Å². The normalized spacial score (nSPS) is 14.4. The van der Waals surface area contributed by atoms with Crippen LogP contribution in [0.4, 0.5) is 16.3 Å². The largest absolute Gasteiger partial charge is 0.378 e. The van der Waals surface area contributed by atoms with Crippen molar-refractivity contribution in [1.29, 1.82) is 0 Å². The van der Waals surface area contributed by atoms with Crippen LogP contribution >= 0.6 is 0 Å². The highest BCUT2D eigenvalue weighted by Gasteiger charge is 2.19. The Morgan fingerprint density at radius 3 is 2.56 bits per heavy atom. The molecule has 0 aliphatic carbocycles. The first-order valence-corrected chi connectivity index (χ1v) is 8.92. The summed E-state index contributed by atoms with van der Waals surface area (Å²) in [6.07, 6.45) is 3.99. The molecule has 27 heavy (non-hydrogen) atoms. The molecule has 1 saturated heterocycles. The van der Waals surface area contributed by atoms with E-state index in [0.717, 1.165) is 47.2 Å². The average Bonchev–Trinajstić information content (AvgIpc) is 3.08. The molecule has 1 fully saturated rings. The Morgan fingerprint density at radius 2 is 1.85 bits per heavy atom. The van der Waals surface area contributed by atoms with Crippen LogP contribution in [0.25, 0.3) is 16.9 Å². The highest BCUT2D eigenvalue weighted by atomic mass is 16.5. The number of hydrogen-bond acceptors (Lipinski definition) is 5. The van der Waals surface area contributed by atoms with Gasteiger partial charge in [0.05, 0.1) is 24.6 Å². The lowest BCUT2D eigenvalue weighted by atomic mass is 10.1. The van der Waals surface area contributed by atoms with E-state index in [-0.39, 0.29) is 6.03 Å². The molecule has 0 unspecified atom stereocenters. The first kappa shape index (κ1) is 17.3. The number of rotatable bonds is 3. The molecule has 0 atom stereocenters. The molecule has 0 spiro atoms. The van der Waals surface area contributed by atoms with Crippen LogP contribution < -0.4 is 15.5 Å². The zero-order valence-corrected chi connectivity index (χ0v) is 15.4. The van der Waals surface area contributed by atoms with Gasteiger partial charge in [0.2, 0.25) is 0 Å². The van der Waals surface area contributed by atoms with Gasteiger partial charge in [-0.05, 0) is 19.1 Å². The Hall–Kier alpha value is -3.13. The molecule has 2 aromatic heterocycles. The zero-order valence-electron chi connectivity index (χ0n) is 15.4. The molecule has 3 heterocycles. The fourth-order valence-corrected chi connectivity index (χ4v) is 3.15. The first-order valence-electron chi connectivity index (χ1n) is 8.92. The second kappa shape index (κ2) is 7.24. The van der Waals surface area contributed by atoms with E-state index in [0.29, 0.717) is 13.2 Å². The van der Waals surface area contributed by atoms with E-state index in [1.165, 1.54) is 0 Å². The number of fused-ring (bicyclic) bond motifs is 1. The molecule has 3 aromatic rings. The number of imidazole rings is 1. The maximum Gasteiger partial charge on any atom is 0.318 e. The summed E-state index contributed by atoms with van der Waals surface area (Å²) in [4.78, 5) is 23.2. The van der Waals surface area contributed by atoms with Crippen molar-refractivity contribution in [2.24, 2.45) is 0 Å². The van der Waals surface area contributed by atoms with Gasteiger partial charge in [-0.1, -0.05) is 12.1 Å². The van der Waals surface area contributed by atoms with E-state index in [1.807, 2.05) is 48.0 Å². The number of anilines is 2. The molecule has 2 amide bonds. The van der Waals surface area contributed by atoms with Crippen LogP contribution in [0.15, 0.2) is 36.7 Å². The fraction of sp³-hybridized carbons (Fsp3) is 0.316. The third-order valence-corrected chi connectivity index (χ3v) is 4.52. The molecular formula is C19H22N6O2. The van der Waals surface area contributed by atoms with Crippen molar-refractivity contribution >= 4 is 23.2 Å². The van der Waals surface area contributed by atoms with Crippen molar-refractivity contribution in [1.82, 2.24) is 19.7 Å². The van der Waals surface area contributed by atoms with Gasteiger partial charge in [0, 0.05) is 43.8 Å². The molecule has 140 valence electrons. The second-order valence-electron chi connectivity index (χ2n) is 6.44. The Labute approximate surface area is 157 Å². The van der Waals surface area contributed by atoms with Crippen molar-refractivity contribution < 1.29 is 9.53 Å². The molecule has 0 saturated carbocycles. The van der Waals surface area contributed by atoms with Crippen LogP contribution in [0.1, 0.15) is 5.69 Å². The number of nitrogens with zero attached hydrogens (tertiary/aromatic N) is 4. The lowest BCUT2D eigenvalue weighted by Crippen LogP contribution is -2.37. The minimum atomic E-state index is -0.245. The summed E-state index contributed by atoms with van der Waals surface area (Å²) in [6, 6.07) is 7.39. The molecule has 0 bridgehead atoms. The number of ether oxygens (including phenoxy) is 1. The van der Waals surface area contributed by atoms with Gasteiger partial charge in [-0.2, -0.15) is 0 Å². The minimum absolute atomic E-state index is 0.245. The maximum atomic E-state index is 11.4. The van der Waals surface area contributed by atoms with Gasteiger partial charge >= 0.3 is 6.03 Å². The molecule has 1 aromatic carbocycles. The van der Waals surface area contributed by atoms with Crippen LogP contribution in [0, 0.1) is 6.92 Å². The standard InChI is InChI=1S/C19H22N6O2/c1-13-11-25-12-16(14-3-5-15(6-4-14)22-19(26)20-2)23-18(17(25)21-13)24-7-9-27-10-8-24/h3-6,11-12H,7-10H2,1-2H3,(H2,20,22,26). The lowest BCUT2D eigenvalue weighted by molar-refractivity contribution is 0.122. The minimum Gasteiger partial charge on any atom is -0.378 e. The highest BCUT2D eigenvalue weighted by molar-refractivity contribution is 5.89. The topological polar surface area (TPSA) is 83.8 Å². The number of benzene rings is 1. The summed E-state index contributed by atoms with van der Waals surface area (Å²) >= 11 is 0. The third kappa shape index (κ3) is 3.56. The smallest absolute Gasteiger partial charge is 0.318 e. The Kier molecular flexibility index (Phi) is 4.64. The van der Waals surface area contributed by atoms with E-state index in [2.05, 4.69) is 20.5 Å². The van der Waals surface area contributed by atoms with Crippen molar-refractivity contribution in [3.05, 3.63) is 42.4 Å². The molecule has 8 nitrogen and oxygen atoms in total. The zero-order chi connectivity index (χ0) is 18.8. The Balaban J connectivity index is 1.72. The predicted octanol–water partition coefficient (Wildman–Crippen LogP) is 2.29. The molecule has 2 N–H and O–H groups in total. The fourth-order valence-electron chi connectivity index (χ4n) is 3.15. The summed E-state index contributed by atoms with van der Waals surface area (Å²) in [5, 5.41) is 5.30. The van der Waals surface area contributed by atoms with Gasteiger partial charge in [0.15, 0.2) is 11.5 Å². The number of hydrogen-bond donors (Lipinski definition) is 2. The maximum absolute atomic E-state index is 11.4. The molecule has 4 rings (SSSR count). The summed E-state index contributed by atoms with van der Waals surface area (Å²) < 4.78 is 7.50. The average molecular weight is 366 g/mol.